The monoisotopic (exact) mass is 422 g/mol. The van der Waals surface area contributed by atoms with Gasteiger partial charge in [-0.15, -0.1) is 0 Å². The highest BCUT2D eigenvalue weighted by Gasteiger charge is 2.55. The minimum Gasteiger partial charge on any atom is -0.462 e. The third kappa shape index (κ3) is 3.36. The second kappa shape index (κ2) is 7.81. The Morgan fingerprint density at radius 1 is 0.935 bits per heavy atom. The van der Waals surface area contributed by atoms with Crippen molar-refractivity contribution in [1.29, 1.82) is 0 Å². The molecule has 0 unspecified atom stereocenters. The van der Waals surface area contributed by atoms with Crippen LogP contribution in [0.2, 0.25) is 0 Å². The van der Waals surface area contributed by atoms with Crippen LogP contribution in [0.25, 0.3) is 5.69 Å². The second-order valence-electron chi connectivity index (χ2n) is 9.46. The molecule has 4 saturated carbocycles. The zero-order chi connectivity index (χ0) is 21.6. The van der Waals surface area contributed by atoms with Gasteiger partial charge in [0.2, 0.25) is 0 Å². The number of carbonyl (C=O) groups is 2. The summed E-state index contributed by atoms with van der Waals surface area (Å²) in [5, 5.41) is 4.99. The van der Waals surface area contributed by atoms with E-state index in [-0.39, 0.29) is 24.3 Å². The number of esters is 2. The normalized spacial score (nSPS) is 28.5. The summed E-state index contributed by atoms with van der Waals surface area (Å²) in [6.07, 6.45) is 6.99. The Morgan fingerprint density at radius 3 is 2.03 bits per heavy atom. The van der Waals surface area contributed by atoms with E-state index in [2.05, 4.69) is 0 Å². The van der Waals surface area contributed by atoms with E-state index in [1.807, 2.05) is 30.3 Å². The average Bonchev–Trinajstić information content (AvgIpc) is 3.16. The van der Waals surface area contributed by atoms with Crippen LogP contribution in [-0.4, -0.2) is 34.9 Å². The molecule has 1 heterocycles. The van der Waals surface area contributed by atoms with Crippen LogP contribution in [0.5, 0.6) is 0 Å². The van der Waals surface area contributed by atoms with Gasteiger partial charge in [0.1, 0.15) is 5.56 Å². The van der Waals surface area contributed by atoms with Crippen molar-refractivity contribution in [3.63, 3.8) is 0 Å². The predicted molar refractivity (Wildman–Crippen MR) is 115 cm³/mol. The molecular weight excluding hydrogens is 392 g/mol. The largest absolute Gasteiger partial charge is 0.462 e. The standard InChI is InChI=1S/C25H30N2O4/c1-3-30-23(28)20-21(24(29)31-4-2)27(19-8-6-5-7-9-19)26-22(20)25-13-16-10-17(14-25)12-18(11-16)15-25/h5-9,16-18H,3-4,10-15H2,1-2H3. The van der Waals surface area contributed by atoms with Crippen molar-refractivity contribution in [2.75, 3.05) is 13.2 Å². The van der Waals surface area contributed by atoms with Crippen molar-refractivity contribution in [3.05, 3.63) is 47.3 Å². The van der Waals surface area contributed by atoms with Gasteiger partial charge in [-0.1, -0.05) is 18.2 Å². The third-order valence-corrected chi connectivity index (χ3v) is 7.38. The molecule has 0 aliphatic heterocycles. The van der Waals surface area contributed by atoms with Gasteiger partial charge in [0, 0.05) is 5.41 Å². The molecule has 1 aromatic carbocycles. The molecule has 4 bridgehead atoms. The fourth-order valence-electron chi connectivity index (χ4n) is 6.73. The average molecular weight is 423 g/mol. The van der Waals surface area contributed by atoms with Crippen molar-refractivity contribution < 1.29 is 19.1 Å². The van der Waals surface area contributed by atoms with Crippen LogP contribution >= 0.6 is 0 Å². The number of nitrogens with zero attached hydrogens (tertiary/aromatic N) is 2. The number of ether oxygens (including phenoxy) is 2. The van der Waals surface area contributed by atoms with Gasteiger partial charge in [-0.25, -0.2) is 14.3 Å². The van der Waals surface area contributed by atoms with E-state index in [1.54, 1.807) is 18.5 Å². The fraction of sp³-hybridized carbons (Fsp3) is 0.560. The van der Waals surface area contributed by atoms with Gasteiger partial charge >= 0.3 is 11.9 Å². The SMILES string of the molecule is CCOC(=O)c1c(C23CC4CC(CC(C4)C2)C3)nn(-c2ccccc2)c1C(=O)OCC. The molecule has 2 aromatic rings. The topological polar surface area (TPSA) is 70.4 Å². The van der Waals surface area contributed by atoms with Crippen LogP contribution in [-0.2, 0) is 14.9 Å². The first kappa shape index (κ1) is 20.3. The number of para-hydroxylation sites is 1. The lowest BCUT2D eigenvalue weighted by Gasteiger charge is -2.56. The van der Waals surface area contributed by atoms with Crippen LogP contribution < -0.4 is 0 Å². The maximum atomic E-state index is 13.2. The summed E-state index contributed by atoms with van der Waals surface area (Å²) < 4.78 is 12.4. The minimum absolute atomic E-state index is 0.155. The lowest BCUT2D eigenvalue weighted by atomic mass is 9.48. The van der Waals surface area contributed by atoms with Gasteiger partial charge in [0.15, 0.2) is 5.69 Å². The second-order valence-corrected chi connectivity index (χ2v) is 9.46. The molecule has 0 N–H and O–H groups in total. The molecule has 0 spiro atoms. The first-order valence-corrected chi connectivity index (χ1v) is 11.6. The van der Waals surface area contributed by atoms with Crippen molar-refractivity contribution in [3.8, 4) is 5.69 Å². The van der Waals surface area contributed by atoms with Crippen LogP contribution in [0, 0.1) is 17.8 Å². The summed E-state index contributed by atoms with van der Waals surface area (Å²) in [4.78, 5) is 26.4. The smallest absolute Gasteiger partial charge is 0.357 e. The Morgan fingerprint density at radius 2 is 1.48 bits per heavy atom. The van der Waals surface area contributed by atoms with E-state index in [9.17, 15) is 9.59 Å². The molecule has 6 nitrogen and oxygen atoms in total. The first-order chi connectivity index (χ1) is 15.0. The number of hydrogen-bond acceptors (Lipinski definition) is 5. The van der Waals surface area contributed by atoms with E-state index < -0.39 is 11.9 Å². The molecule has 6 heteroatoms. The highest BCUT2D eigenvalue weighted by molar-refractivity contribution is 6.03. The van der Waals surface area contributed by atoms with Gasteiger partial charge in [-0.05, 0) is 82.3 Å². The van der Waals surface area contributed by atoms with Crippen molar-refractivity contribution >= 4 is 11.9 Å². The number of hydrogen-bond donors (Lipinski definition) is 0. The van der Waals surface area contributed by atoms with Crippen LogP contribution in [0.1, 0.15) is 78.9 Å². The molecule has 164 valence electrons. The molecule has 0 amide bonds. The summed E-state index contributed by atoms with van der Waals surface area (Å²) >= 11 is 0. The van der Waals surface area contributed by atoms with Gasteiger partial charge in [-0.2, -0.15) is 5.10 Å². The first-order valence-electron chi connectivity index (χ1n) is 11.6. The molecule has 31 heavy (non-hydrogen) atoms. The van der Waals surface area contributed by atoms with E-state index >= 15 is 0 Å². The molecular formula is C25H30N2O4. The Labute approximate surface area is 182 Å². The Bertz CT molecular complexity index is 959. The van der Waals surface area contributed by atoms with Crippen molar-refractivity contribution in [2.24, 2.45) is 17.8 Å². The molecule has 4 aliphatic carbocycles. The molecule has 0 radical (unpaired) electrons. The van der Waals surface area contributed by atoms with Crippen LogP contribution in [0.4, 0.5) is 0 Å². The van der Waals surface area contributed by atoms with E-state index in [1.165, 1.54) is 19.3 Å². The predicted octanol–water partition coefficient (Wildman–Crippen LogP) is 4.69. The lowest BCUT2D eigenvalue weighted by molar-refractivity contribution is -0.00817. The zero-order valence-electron chi connectivity index (χ0n) is 18.3. The third-order valence-electron chi connectivity index (χ3n) is 7.38. The molecule has 6 rings (SSSR count). The summed E-state index contributed by atoms with van der Waals surface area (Å²) in [6.45, 7) is 4.03. The quantitative estimate of drug-likeness (QED) is 0.632. The molecule has 0 saturated heterocycles. The van der Waals surface area contributed by atoms with Gasteiger partial charge in [0.05, 0.1) is 24.6 Å². The minimum atomic E-state index is -0.530. The maximum Gasteiger partial charge on any atom is 0.357 e. The van der Waals surface area contributed by atoms with Gasteiger partial charge < -0.3 is 9.47 Å². The Kier molecular flexibility index (Phi) is 5.11. The van der Waals surface area contributed by atoms with E-state index in [4.69, 9.17) is 14.6 Å². The lowest BCUT2D eigenvalue weighted by Crippen LogP contribution is -2.49. The van der Waals surface area contributed by atoms with Crippen molar-refractivity contribution in [1.82, 2.24) is 9.78 Å². The van der Waals surface area contributed by atoms with Crippen molar-refractivity contribution in [2.45, 2.75) is 57.8 Å². The van der Waals surface area contributed by atoms with E-state index in [0.29, 0.717) is 23.3 Å². The highest BCUT2D eigenvalue weighted by atomic mass is 16.5. The van der Waals surface area contributed by atoms with Crippen LogP contribution in [0.15, 0.2) is 30.3 Å². The number of rotatable bonds is 6. The fourth-order valence-corrected chi connectivity index (χ4v) is 6.73. The summed E-state index contributed by atoms with van der Waals surface area (Å²) in [6, 6.07) is 9.52. The highest BCUT2D eigenvalue weighted by Crippen LogP contribution is 2.61. The maximum absolute atomic E-state index is 13.2. The molecule has 0 atom stereocenters. The summed E-state index contributed by atoms with van der Waals surface area (Å²) in [5.74, 6) is 1.06. The van der Waals surface area contributed by atoms with Gasteiger partial charge in [-0.3, -0.25) is 0 Å². The molecule has 1 aromatic heterocycles. The van der Waals surface area contributed by atoms with Gasteiger partial charge in [0.25, 0.3) is 0 Å². The number of aromatic nitrogens is 2. The molecule has 4 aliphatic rings. The van der Waals surface area contributed by atoms with Crippen LogP contribution in [0.3, 0.4) is 0 Å². The zero-order valence-corrected chi connectivity index (χ0v) is 18.3. The number of benzene rings is 1. The van der Waals surface area contributed by atoms with E-state index in [0.717, 1.165) is 30.6 Å². The summed E-state index contributed by atoms with van der Waals surface area (Å²) in [7, 11) is 0. The Balaban J connectivity index is 1.72. The Hall–Kier alpha value is -2.63. The number of carbonyl (C=O) groups excluding carboxylic acids is 2. The molecule has 4 fully saturated rings. The summed E-state index contributed by atoms with van der Waals surface area (Å²) in [5.41, 5.74) is 1.84.